The van der Waals surface area contributed by atoms with Gasteiger partial charge in [0.05, 0.1) is 14.2 Å². The third-order valence-corrected chi connectivity index (χ3v) is 4.28. The molecule has 2 aromatic carbocycles. The third-order valence-electron chi connectivity index (χ3n) is 3.16. The van der Waals surface area contributed by atoms with Crippen LogP contribution in [0, 0.1) is 0 Å². The van der Waals surface area contributed by atoms with Gasteiger partial charge in [0.15, 0.2) is 16.9 Å². The first-order chi connectivity index (χ1) is 9.63. The summed E-state index contributed by atoms with van der Waals surface area (Å²) in [5.74, 6) is 1.26. The predicted molar refractivity (Wildman–Crippen MR) is 80.4 cm³/mol. The zero-order chi connectivity index (χ0) is 14.3. The largest absolute Gasteiger partial charge is 0.508 e. The van der Waals surface area contributed by atoms with Gasteiger partial charge in [-0.15, -0.1) is 11.3 Å². The number of phenolic OH excluding ortho intramolecular Hbond substituents is 1. The lowest BCUT2D eigenvalue weighted by atomic mass is 10.1. The first-order valence-corrected chi connectivity index (χ1v) is 6.77. The van der Waals surface area contributed by atoms with Crippen LogP contribution in [0.15, 0.2) is 35.1 Å². The van der Waals surface area contributed by atoms with Gasteiger partial charge in [0.1, 0.15) is 5.75 Å². The number of benzene rings is 2. The second-order valence-electron chi connectivity index (χ2n) is 4.31. The minimum Gasteiger partial charge on any atom is -0.508 e. The molecule has 1 N–H and O–H groups in total. The lowest BCUT2D eigenvalue weighted by molar-refractivity contribution is 0.356. The van der Waals surface area contributed by atoms with Crippen molar-refractivity contribution in [2.75, 3.05) is 14.2 Å². The van der Waals surface area contributed by atoms with Gasteiger partial charge in [-0.25, -0.2) is 0 Å². The maximum Gasteiger partial charge on any atom is 0.196 e. The lowest BCUT2D eigenvalue weighted by Crippen LogP contribution is -2.02. The van der Waals surface area contributed by atoms with Crippen molar-refractivity contribution in [3.05, 3.63) is 40.6 Å². The summed E-state index contributed by atoms with van der Waals surface area (Å²) in [7, 11) is 3.09. The number of aromatic hydroxyl groups is 1. The highest BCUT2D eigenvalue weighted by Crippen LogP contribution is 2.35. The van der Waals surface area contributed by atoms with Gasteiger partial charge in [0.2, 0.25) is 0 Å². The molecule has 0 aliphatic heterocycles. The van der Waals surface area contributed by atoms with Crippen molar-refractivity contribution in [2.24, 2.45) is 0 Å². The Bertz CT molecular complexity index is 867. The monoisotopic (exact) mass is 288 g/mol. The van der Waals surface area contributed by atoms with Crippen molar-refractivity contribution < 1.29 is 14.6 Å². The summed E-state index contributed by atoms with van der Waals surface area (Å²) >= 11 is 1.43. The van der Waals surface area contributed by atoms with Gasteiger partial charge < -0.3 is 14.6 Å². The van der Waals surface area contributed by atoms with Crippen LogP contribution in [0.25, 0.3) is 20.2 Å². The van der Waals surface area contributed by atoms with Gasteiger partial charge in [0, 0.05) is 26.2 Å². The summed E-state index contributed by atoms with van der Waals surface area (Å²) in [5.41, 5.74) is -0.0743. The van der Waals surface area contributed by atoms with E-state index in [-0.39, 0.29) is 11.2 Å². The molecule has 3 aromatic rings. The molecule has 4 nitrogen and oxygen atoms in total. The molecule has 0 bridgehead atoms. The number of methoxy groups -OCH3 is 2. The van der Waals surface area contributed by atoms with Crippen molar-refractivity contribution in [3.63, 3.8) is 0 Å². The third kappa shape index (κ3) is 1.87. The summed E-state index contributed by atoms with van der Waals surface area (Å²) in [6.07, 6.45) is 0. The van der Waals surface area contributed by atoms with E-state index < -0.39 is 0 Å². The highest BCUT2D eigenvalue weighted by Gasteiger charge is 2.11. The zero-order valence-electron chi connectivity index (χ0n) is 11.0. The fraction of sp³-hybridized carbons (Fsp3) is 0.133. The Kier molecular flexibility index (Phi) is 2.99. The van der Waals surface area contributed by atoms with Crippen LogP contribution in [-0.2, 0) is 0 Å². The Morgan fingerprint density at radius 3 is 2.30 bits per heavy atom. The predicted octanol–water partition coefficient (Wildman–Crippen LogP) is 3.14. The smallest absolute Gasteiger partial charge is 0.196 e. The second-order valence-corrected chi connectivity index (χ2v) is 5.40. The van der Waals surface area contributed by atoms with E-state index >= 15 is 0 Å². The molecule has 1 heterocycles. The maximum absolute atomic E-state index is 12.5. The Hall–Kier alpha value is -2.27. The first kappa shape index (κ1) is 12.7. The van der Waals surface area contributed by atoms with Crippen molar-refractivity contribution in [3.8, 4) is 17.2 Å². The molecular weight excluding hydrogens is 276 g/mol. The fourth-order valence-electron chi connectivity index (χ4n) is 2.17. The van der Waals surface area contributed by atoms with Crippen molar-refractivity contribution in [1.29, 1.82) is 0 Å². The Morgan fingerprint density at radius 1 is 0.950 bits per heavy atom. The van der Waals surface area contributed by atoms with E-state index in [4.69, 9.17) is 9.47 Å². The molecule has 0 aliphatic rings. The minimum atomic E-state index is -0.0743. The SMILES string of the molecule is COc1cc2sc3cc(O)ccc3c(=O)c2cc1OC. The number of fused-ring (bicyclic) bond motifs is 2. The van der Waals surface area contributed by atoms with Crippen LogP contribution >= 0.6 is 11.3 Å². The summed E-state index contributed by atoms with van der Waals surface area (Å²) in [6, 6.07) is 8.23. The number of ether oxygens (including phenoxy) is 2. The number of hydrogen-bond donors (Lipinski definition) is 1. The quantitative estimate of drug-likeness (QED) is 0.736. The van der Waals surface area contributed by atoms with Gasteiger partial charge in [-0.2, -0.15) is 0 Å². The number of hydrogen-bond acceptors (Lipinski definition) is 5. The Labute approximate surface area is 118 Å². The molecule has 20 heavy (non-hydrogen) atoms. The van der Waals surface area contributed by atoms with E-state index in [0.717, 1.165) is 9.40 Å². The lowest BCUT2D eigenvalue weighted by Gasteiger charge is -2.09. The Balaban J connectivity index is 2.46. The zero-order valence-corrected chi connectivity index (χ0v) is 11.8. The maximum atomic E-state index is 12.5. The van der Waals surface area contributed by atoms with Crippen molar-refractivity contribution >= 4 is 31.5 Å². The molecule has 0 radical (unpaired) electrons. The van der Waals surface area contributed by atoms with Gasteiger partial charge in [0.25, 0.3) is 0 Å². The van der Waals surface area contributed by atoms with Crippen LogP contribution in [-0.4, -0.2) is 19.3 Å². The van der Waals surface area contributed by atoms with Crippen LogP contribution in [0.2, 0.25) is 0 Å². The number of phenols is 1. The van der Waals surface area contributed by atoms with Crippen LogP contribution in [0.4, 0.5) is 0 Å². The molecule has 1 aromatic heterocycles. The molecule has 0 atom stereocenters. The van der Waals surface area contributed by atoms with Crippen LogP contribution in [0.1, 0.15) is 0 Å². The molecule has 0 spiro atoms. The van der Waals surface area contributed by atoms with E-state index in [9.17, 15) is 9.90 Å². The average molecular weight is 288 g/mol. The fourth-order valence-corrected chi connectivity index (χ4v) is 3.28. The molecule has 3 rings (SSSR count). The second kappa shape index (κ2) is 4.68. The molecule has 0 fully saturated rings. The number of rotatable bonds is 2. The molecule has 5 heteroatoms. The summed E-state index contributed by atoms with van der Waals surface area (Å²) in [4.78, 5) is 12.5. The van der Waals surface area contributed by atoms with Gasteiger partial charge in [-0.1, -0.05) is 0 Å². The highest BCUT2D eigenvalue weighted by molar-refractivity contribution is 7.24. The topological polar surface area (TPSA) is 55.8 Å². The van der Waals surface area contributed by atoms with E-state index in [0.29, 0.717) is 22.3 Å². The van der Waals surface area contributed by atoms with Crippen LogP contribution < -0.4 is 14.9 Å². The van der Waals surface area contributed by atoms with E-state index in [1.165, 1.54) is 24.5 Å². The summed E-state index contributed by atoms with van der Waals surface area (Å²) in [6.45, 7) is 0. The van der Waals surface area contributed by atoms with Crippen LogP contribution in [0.3, 0.4) is 0 Å². The molecule has 0 saturated heterocycles. The molecule has 102 valence electrons. The molecule has 0 aliphatic carbocycles. The highest BCUT2D eigenvalue weighted by atomic mass is 32.1. The van der Waals surface area contributed by atoms with Crippen molar-refractivity contribution in [1.82, 2.24) is 0 Å². The van der Waals surface area contributed by atoms with Crippen LogP contribution in [0.5, 0.6) is 17.2 Å². The average Bonchev–Trinajstić information content (AvgIpc) is 2.46. The van der Waals surface area contributed by atoms with E-state index in [1.54, 1.807) is 31.4 Å². The molecule has 0 amide bonds. The first-order valence-electron chi connectivity index (χ1n) is 5.95. The van der Waals surface area contributed by atoms with Gasteiger partial charge >= 0.3 is 0 Å². The summed E-state index contributed by atoms with van der Waals surface area (Å²) < 4.78 is 12.0. The van der Waals surface area contributed by atoms with E-state index in [1.807, 2.05) is 0 Å². The van der Waals surface area contributed by atoms with Gasteiger partial charge in [-0.05, 0) is 24.3 Å². The van der Waals surface area contributed by atoms with E-state index in [2.05, 4.69) is 0 Å². The van der Waals surface area contributed by atoms with Crippen molar-refractivity contribution in [2.45, 2.75) is 0 Å². The Morgan fingerprint density at radius 2 is 1.60 bits per heavy atom. The summed E-state index contributed by atoms with van der Waals surface area (Å²) in [5, 5.41) is 10.7. The molecule has 0 unspecified atom stereocenters. The standard InChI is InChI=1S/C15H12O4S/c1-18-11-6-10-14(7-12(11)19-2)20-13-5-8(16)3-4-9(13)15(10)17/h3-7,16H,1-2H3. The molecule has 0 saturated carbocycles. The van der Waals surface area contributed by atoms with Gasteiger partial charge in [-0.3, -0.25) is 4.79 Å². The minimum absolute atomic E-state index is 0.0743. The molecular formula is C15H12O4S. The normalized spacial score (nSPS) is 10.9.